The summed E-state index contributed by atoms with van der Waals surface area (Å²) < 4.78 is 0. The van der Waals surface area contributed by atoms with Crippen LogP contribution in [0, 0.1) is 0 Å². The van der Waals surface area contributed by atoms with Gasteiger partial charge < -0.3 is 30.8 Å². The number of carboxylic acid groups (broad SMARTS) is 1. The lowest BCUT2D eigenvalue weighted by Gasteiger charge is -2.32. The van der Waals surface area contributed by atoms with E-state index in [-0.39, 0.29) is 0 Å². The van der Waals surface area contributed by atoms with Crippen molar-refractivity contribution >= 4 is 17.7 Å². The maximum Gasteiger partial charge on any atom is 0.372 e. The molecule has 0 aliphatic rings. The third kappa shape index (κ3) is 7.04. The molecule has 5 atom stereocenters. The van der Waals surface area contributed by atoms with Crippen LogP contribution in [0.1, 0.15) is 13.3 Å². The van der Waals surface area contributed by atoms with E-state index < -0.39 is 61.1 Å². The number of Topliss-reactive ketones (excluding diaryl/α,β-unsaturated/α-hetero) is 1. The number of aliphatic hydroxyl groups is 4. The molecule has 0 unspecified atom stereocenters. The topological polar surface area (TPSA) is 213 Å². The molecule has 0 aromatic heterocycles. The van der Waals surface area contributed by atoms with Crippen LogP contribution in [0.5, 0.6) is 0 Å². The van der Waals surface area contributed by atoms with Crippen LogP contribution >= 0.6 is 0 Å². The SMILES string of the molecule is CC(=O)N[C@@H]([C@@H](O)[C@H](O)[C@H](O)CN=[N+]=[N-])[C@@H](O)CC(=O)C(=O)O. The van der Waals surface area contributed by atoms with Crippen LogP contribution in [0.4, 0.5) is 0 Å². The van der Waals surface area contributed by atoms with E-state index in [1.54, 1.807) is 0 Å². The van der Waals surface area contributed by atoms with Crippen LogP contribution < -0.4 is 5.32 Å². The highest BCUT2D eigenvalue weighted by atomic mass is 16.4. The van der Waals surface area contributed by atoms with Crippen molar-refractivity contribution in [2.45, 2.75) is 43.8 Å². The summed E-state index contributed by atoms with van der Waals surface area (Å²) in [7, 11) is 0. The number of amides is 1. The number of nitrogens with one attached hydrogen (secondary N) is 1. The first kappa shape index (κ1) is 20.8. The summed E-state index contributed by atoms with van der Waals surface area (Å²) in [5.41, 5.74) is 8.12. The zero-order valence-corrected chi connectivity index (χ0v) is 12.1. The molecule has 0 bridgehead atoms. The minimum Gasteiger partial charge on any atom is -0.475 e. The van der Waals surface area contributed by atoms with Gasteiger partial charge >= 0.3 is 5.97 Å². The third-order valence-electron chi connectivity index (χ3n) is 2.86. The van der Waals surface area contributed by atoms with Gasteiger partial charge in [-0.15, -0.1) is 0 Å². The maximum atomic E-state index is 11.1. The van der Waals surface area contributed by atoms with E-state index in [4.69, 9.17) is 10.6 Å². The standard InChI is InChI=1S/C11H18N4O8/c1-4(16)14-8(5(17)2-6(18)11(22)23)10(21)9(20)7(19)3-13-15-12/h5,7-10,17,19-21H,2-3H2,1H3,(H,14,16)(H,22,23)/t5-,7+,8+,9+,10+/m0/s1. The first-order chi connectivity index (χ1) is 10.6. The second-order valence-electron chi connectivity index (χ2n) is 4.69. The van der Waals surface area contributed by atoms with E-state index in [1.807, 2.05) is 0 Å². The van der Waals surface area contributed by atoms with Crippen molar-refractivity contribution in [2.75, 3.05) is 6.54 Å². The summed E-state index contributed by atoms with van der Waals surface area (Å²) in [6.07, 6.45) is -8.37. The Hall–Kier alpha value is -2.24. The van der Waals surface area contributed by atoms with E-state index in [0.29, 0.717) is 0 Å². The lowest BCUT2D eigenvalue weighted by Crippen LogP contribution is -2.57. The molecular weight excluding hydrogens is 316 g/mol. The number of aliphatic hydroxyl groups excluding tert-OH is 4. The fourth-order valence-corrected chi connectivity index (χ4v) is 1.72. The second kappa shape index (κ2) is 9.71. The maximum absolute atomic E-state index is 11.1. The summed E-state index contributed by atoms with van der Waals surface area (Å²) in [6, 6.07) is -1.63. The third-order valence-corrected chi connectivity index (χ3v) is 2.86. The summed E-state index contributed by atoms with van der Waals surface area (Å²) in [5, 5.41) is 52.6. The van der Waals surface area contributed by atoms with Gasteiger partial charge in [0, 0.05) is 18.3 Å². The molecule has 0 saturated heterocycles. The predicted molar refractivity (Wildman–Crippen MR) is 72.9 cm³/mol. The molecule has 0 aromatic rings. The van der Waals surface area contributed by atoms with Gasteiger partial charge in [-0.05, 0) is 5.53 Å². The van der Waals surface area contributed by atoms with Crippen LogP contribution in [-0.2, 0) is 14.4 Å². The monoisotopic (exact) mass is 334 g/mol. The number of hydrogen-bond donors (Lipinski definition) is 6. The number of hydrogen-bond acceptors (Lipinski definition) is 8. The average Bonchev–Trinajstić information content (AvgIpc) is 2.48. The van der Waals surface area contributed by atoms with Gasteiger partial charge in [-0.2, -0.15) is 0 Å². The van der Waals surface area contributed by atoms with E-state index in [0.717, 1.165) is 6.92 Å². The van der Waals surface area contributed by atoms with Gasteiger partial charge in [0.25, 0.3) is 0 Å². The highest BCUT2D eigenvalue weighted by Crippen LogP contribution is 2.12. The summed E-state index contributed by atoms with van der Waals surface area (Å²) in [6.45, 7) is 0.430. The van der Waals surface area contributed by atoms with E-state index in [2.05, 4.69) is 15.3 Å². The number of carbonyl (C=O) groups excluding carboxylic acids is 2. The average molecular weight is 334 g/mol. The molecular formula is C11H18N4O8. The number of ketones is 1. The van der Waals surface area contributed by atoms with Gasteiger partial charge in [-0.25, -0.2) is 4.79 Å². The Morgan fingerprint density at radius 2 is 1.70 bits per heavy atom. The van der Waals surface area contributed by atoms with Crippen molar-refractivity contribution < 1.29 is 39.9 Å². The Kier molecular flexibility index (Phi) is 8.77. The summed E-state index contributed by atoms with van der Waals surface area (Å²) >= 11 is 0. The van der Waals surface area contributed by atoms with Crippen molar-refractivity contribution in [3.8, 4) is 0 Å². The Morgan fingerprint density at radius 1 is 1.13 bits per heavy atom. The number of aliphatic carboxylic acids is 1. The Bertz CT molecular complexity index is 492. The lowest BCUT2D eigenvalue weighted by atomic mass is 9.94. The molecule has 23 heavy (non-hydrogen) atoms. The lowest BCUT2D eigenvalue weighted by molar-refractivity contribution is -0.151. The van der Waals surface area contributed by atoms with Gasteiger partial charge in [-0.3, -0.25) is 9.59 Å². The van der Waals surface area contributed by atoms with E-state index in [9.17, 15) is 34.8 Å². The van der Waals surface area contributed by atoms with Gasteiger partial charge in [0.1, 0.15) is 12.2 Å². The Labute approximate surface area is 130 Å². The van der Waals surface area contributed by atoms with Crippen LogP contribution in [0.2, 0.25) is 0 Å². The van der Waals surface area contributed by atoms with E-state index in [1.165, 1.54) is 0 Å². The fraction of sp³-hybridized carbons (Fsp3) is 0.727. The highest BCUT2D eigenvalue weighted by Gasteiger charge is 2.37. The van der Waals surface area contributed by atoms with Gasteiger partial charge in [-0.1, -0.05) is 5.11 Å². The molecule has 0 fully saturated rings. The number of nitrogens with zero attached hydrogens (tertiary/aromatic N) is 3. The summed E-state index contributed by atoms with van der Waals surface area (Å²) in [4.78, 5) is 35.0. The van der Waals surface area contributed by atoms with Crippen molar-refractivity contribution in [2.24, 2.45) is 5.11 Å². The predicted octanol–water partition coefficient (Wildman–Crippen LogP) is -2.71. The minimum absolute atomic E-state index is 0.592. The molecule has 0 aliphatic carbocycles. The van der Waals surface area contributed by atoms with Gasteiger partial charge in [0.05, 0.1) is 24.8 Å². The summed E-state index contributed by atoms with van der Waals surface area (Å²) in [5.74, 6) is -3.93. The number of rotatable bonds is 10. The highest BCUT2D eigenvalue weighted by molar-refractivity contribution is 6.32. The van der Waals surface area contributed by atoms with Crippen LogP contribution in [0.15, 0.2) is 5.11 Å². The number of carbonyl (C=O) groups is 3. The second-order valence-corrected chi connectivity index (χ2v) is 4.69. The molecule has 0 radical (unpaired) electrons. The molecule has 130 valence electrons. The Morgan fingerprint density at radius 3 is 2.13 bits per heavy atom. The molecule has 0 heterocycles. The largest absolute Gasteiger partial charge is 0.475 e. The molecule has 1 amide bonds. The van der Waals surface area contributed by atoms with Gasteiger partial charge in [0.15, 0.2) is 0 Å². The van der Waals surface area contributed by atoms with Crippen LogP contribution in [-0.4, -0.2) is 80.2 Å². The number of carboxylic acids is 1. The molecule has 0 aromatic carbocycles. The van der Waals surface area contributed by atoms with Crippen molar-refractivity contribution in [3.63, 3.8) is 0 Å². The molecule has 12 nitrogen and oxygen atoms in total. The smallest absolute Gasteiger partial charge is 0.372 e. The van der Waals surface area contributed by atoms with Crippen molar-refractivity contribution in [3.05, 3.63) is 10.4 Å². The number of azide groups is 1. The van der Waals surface area contributed by atoms with Crippen LogP contribution in [0.3, 0.4) is 0 Å². The first-order valence-electron chi connectivity index (χ1n) is 6.38. The van der Waals surface area contributed by atoms with E-state index >= 15 is 0 Å². The zero-order valence-electron chi connectivity index (χ0n) is 12.1. The molecule has 12 heteroatoms. The van der Waals surface area contributed by atoms with Crippen molar-refractivity contribution in [1.82, 2.24) is 5.32 Å². The molecule has 0 saturated carbocycles. The van der Waals surface area contributed by atoms with Gasteiger partial charge in [0.2, 0.25) is 11.7 Å². The normalized spacial score (nSPS) is 17.1. The minimum atomic E-state index is -1.96. The first-order valence-corrected chi connectivity index (χ1v) is 6.38. The molecule has 0 rings (SSSR count). The Balaban J connectivity index is 5.12. The zero-order chi connectivity index (χ0) is 18.2. The molecule has 0 aliphatic heterocycles. The van der Waals surface area contributed by atoms with Crippen LogP contribution in [0.25, 0.3) is 10.4 Å². The fourth-order valence-electron chi connectivity index (χ4n) is 1.72. The van der Waals surface area contributed by atoms with Crippen molar-refractivity contribution in [1.29, 1.82) is 0 Å². The molecule has 0 spiro atoms. The quantitative estimate of drug-likeness (QED) is 0.107. The molecule has 6 N–H and O–H groups in total.